The fourth-order valence-electron chi connectivity index (χ4n) is 2.56. The smallest absolute Gasteiger partial charge is 0.259 e. The van der Waals surface area contributed by atoms with Crippen molar-refractivity contribution in [3.05, 3.63) is 81.3 Å². The van der Waals surface area contributed by atoms with Crippen LogP contribution in [0.25, 0.3) is 20.7 Å². The summed E-state index contributed by atoms with van der Waals surface area (Å²) in [4.78, 5) is 21.7. The largest absolute Gasteiger partial charge is 0.378 e. The first kappa shape index (κ1) is 16.1. The molecule has 6 heteroatoms. The topological polar surface area (TPSA) is 57.8 Å². The molecule has 0 atom stereocenters. The molecule has 0 fully saturated rings. The molecule has 4 nitrogen and oxygen atoms in total. The van der Waals surface area contributed by atoms with E-state index < -0.39 is 0 Å². The minimum Gasteiger partial charge on any atom is -0.378 e. The van der Waals surface area contributed by atoms with Crippen LogP contribution in [0.2, 0.25) is 0 Å². The van der Waals surface area contributed by atoms with Crippen LogP contribution in [-0.2, 0) is 6.54 Å². The lowest BCUT2D eigenvalue weighted by molar-refractivity contribution is 0.957. The Labute approximate surface area is 156 Å². The van der Waals surface area contributed by atoms with Gasteiger partial charge in [0.25, 0.3) is 5.56 Å². The third kappa shape index (κ3) is 3.50. The number of hydrogen-bond donors (Lipinski definition) is 2. The molecular formula is C19H14BrN3OS. The number of benzene rings is 2. The summed E-state index contributed by atoms with van der Waals surface area (Å²) in [6.45, 7) is 0.464. The lowest BCUT2D eigenvalue weighted by atomic mass is 10.2. The molecule has 2 heterocycles. The normalized spacial score (nSPS) is 10.9. The first-order valence-electron chi connectivity index (χ1n) is 7.77. The maximum Gasteiger partial charge on any atom is 0.259 e. The molecule has 0 aliphatic rings. The van der Waals surface area contributed by atoms with Crippen molar-refractivity contribution in [1.82, 2.24) is 9.97 Å². The van der Waals surface area contributed by atoms with Crippen molar-refractivity contribution < 1.29 is 0 Å². The highest BCUT2D eigenvalue weighted by atomic mass is 79.9. The van der Waals surface area contributed by atoms with Gasteiger partial charge in [-0.25, -0.2) is 4.98 Å². The zero-order valence-electron chi connectivity index (χ0n) is 13.1. The maximum absolute atomic E-state index is 12.4. The molecule has 2 aromatic carbocycles. The van der Waals surface area contributed by atoms with Gasteiger partial charge >= 0.3 is 0 Å². The van der Waals surface area contributed by atoms with E-state index in [1.807, 2.05) is 60.7 Å². The number of aromatic nitrogens is 2. The van der Waals surface area contributed by atoms with Crippen LogP contribution in [-0.4, -0.2) is 9.97 Å². The highest BCUT2D eigenvalue weighted by Gasteiger charge is 2.10. The number of thiophene rings is 1. The lowest BCUT2D eigenvalue weighted by Crippen LogP contribution is -2.13. The minimum atomic E-state index is -0.101. The predicted molar refractivity (Wildman–Crippen MR) is 107 cm³/mol. The summed E-state index contributed by atoms with van der Waals surface area (Å²) in [5, 5.41) is 3.91. The molecule has 0 amide bonds. The van der Waals surface area contributed by atoms with Crippen LogP contribution in [0.1, 0.15) is 5.82 Å². The van der Waals surface area contributed by atoms with Gasteiger partial charge in [-0.3, -0.25) is 4.79 Å². The number of halogens is 1. The van der Waals surface area contributed by atoms with Crippen molar-refractivity contribution >= 4 is 43.2 Å². The van der Waals surface area contributed by atoms with E-state index in [-0.39, 0.29) is 5.56 Å². The van der Waals surface area contributed by atoms with Gasteiger partial charge in [0.05, 0.1) is 11.9 Å². The minimum absolute atomic E-state index is 0.101. The summed E-state index contributed by atoms with van der Waals surface area (Å²) in [6.07, 6.45) is 0. The van der Waals surface area contributed by atoms with Crippen LogP contribution in [0.15, 0.2) is 69.9 Å². The molecule has 0 aliphatic carbocycles. The molecule has 0 saturated heterocycles. The molecule has 25 heavy (non-hydrogen) atoms. The first-order valence-corrected chi connectivity index (χ1v) is 9.37. The third-order valence-corrected chi connectivity index (χ3v) is 5.42. The van der Waals surface area contributed by atoms with Crippen LogP contribution in [0.4, 0.5) is 5.69 Å². The Bertz CT molecular complexity index is 1070. The number of nitrogens with zero attached hydrogens (tertiary/aromatic N) is 1. The third-order valence-electron chi connectivity index (χ3n) is 3.81. The summed E-state index contributed by atoms with van der Waals surface area (Å²) >= 11 is 4.95. The molecule has 0 spiro atoms. The van der Waals surface area contributed by atoms with E-state index in [9.17, 15) is 4.79 Å². The molecule has 0 unspecified atom stereocenters. The maximum atomic E-state index is 12.4. The number of rotatable bonds is 4. The number of H-pyrrole nitrogens is 1. The van der Waals surface area contributed by atoms with Crippen LogP contribution < -0.4 is 10.9 Å². The molecule has 2 N–H and O–H groups in total. The number of nitrogens with one attached hydrogen (secondary N) is 2. The Balaban J connectivity index is 1.62. The van der Waals surface area contributed by atoms with Gasteiger partial charge in [0.15, 0.2) is 0 Å². The first-order chi connectivity index (χ1) is 12.2. The summed E-state index contributed by atoms with van der Waals surface area (Å²) in [7, 11) is 0. The van der Waals surface area contributed by atoms with Gasteiger partial charge in [-0.15, -0.1) is 11.3 Å². The van der Waals surface area contributed by atoms with Crippen LogP contribution >= 0.6 is 27.3 Å². The molecule has 0 aliphatic heterocycles. The Morgan fingerprint density at radius 2 is 1.84 bits per heavy atom. The second-order valence-corrected chi connectivity index (χ2v) is 7.51. The van der Waals surface area contributed by atoms with Crippen molar-refractivity contribution in [3.8, 4) is 10.4 Å². The Kier molecular flexibility index (Phi) is 4.38. The standard InChI is InChI=1S/C19H14BrN3OS/c20-13-6-8-14(9-7-13)21-11-17-22-18(24)15-10-16(25-19(15)23-17)12-4-2-1-3-5-12/h1-10,21H,11H2,(H,22,23,24). The summed E-state index contributed by atoms with van der Waals surface area (Å²) in [6, 6.07) is 19.8. The summed E-state index contributed by atoms with van der Waals surface area (Å²) < 4.78 is 1.03. The van der Waals surface area contributed by atoms with Crippen molar-refractivity contribution in [2.45, 2.75) is 6.54 Å². The number of aromatic amines is 1. The van der Waals surface area contributed by atoms with E-state index in [0.29, 0.717) is 17.8 Å². The fourth-order valence-corrected chi connectivity index (χ4v) is 3.88. The molecule has 124 valence electrons. The predicted octanol–water partition coefficient (Wildman–Crippen LogP) is 5.03. The molecular weight excluding hydrogens is 398 g/mol. The Morgan fingerprint density at radius 3 is 2.60 bits per heavy atom. The number of hydrogen-bond acceptors (Lipinski definition) is 4. The van der Waals surface area contributed by atoms with Crippen molar-refractivity contribution in [2.24, 2.45) is 0 Å². The molecule has 4 aromatic rings. The van der Waals surface area contributed by atoms with E-state index in [1.54, 1.807) is 0 Å². The summed E-state index contributed by atoms with van der Waals surface area (Å²) in [5.74, 6) is 0.627. The second-order valence-electron chi connectivity index (χ2n) is 5.57. The molecule has 0 radical (unpaired) electrons. The van der Waals surface area contributed by atoms with Crippen LogP contribution in [0.5, 0.6) is 0 Å². The van der Waals surface area contributed by atoms with Gasteiger partial charge in [0.1, 0.15) is 10.7 Å². The Morgan fingerprint density at radius 1 is 1.08 bits per heavy atom. The lowest BCUT2D eigenvalue weighted by Gasteiger charge is -2.05. The molecule has 0 bridgehead atoms. The quantitative estimate of drug-likeness (QED) is 0.495. The highest BCUT2D eigenvalue weighted by Crippen LogP contribution is 2.30. The molecule has 4 rings (SSSR count). The van der Waals surface area contributed by atoms with E-state index in [1.165, 1.54) is 11.3 Å². The second kappa shape index (κ2) is 6.82. The number of anilines is 1. The van der Waals surface area contributed by atoms with E-state index in [2.05, 4.69) is 31.2 Å². The highest BCUT2D eigenvalue weighted by molar-refractivity contribution is 9.10. The van der Waals surface area contributed by atoms with Crippen LogP contribution in [0.3, 0.4) is 0 Å². The van der Waals surface area contributed by atoms with E-state index in [4.69, 9.17) is 0 Å². The zero-order chi connectivity index (χ0) is 17.2. The van der Waals surface area contributed by atoms with Crippen molar-refractivity contribution in [2.75, 3.05) is 5.32 Å². The van der Waals surface area contributed by atoms with Gasteiger partial charge < -0.3 is 10.3 Å². The zero-order valence-corrected chi connectivity index (χ0v) is 15.5. The number of fused-ring (bicyclic) bond motifs is 1. The van der Waals surface area contributed by atoms with E-state index >= 15 is 0 Å². The van der Waals surface area contributed by atoms with Gasteiger partial charge in [-0.2, -0.15) is 0 Å². The average molecular weight is 412 g/mol. The fraction of sp³-hybridized carbons (Fsp3) is 0.0526. The van der Waals surface area contributed by atoms with Crippen molar-refractivity contribution in [3.63, 3.8) is 0 Å². The monoisotopic (exact) mass is 411 g/mol. The van der Waals surface area contributed by atoms with Gasteiger partial charge in [-0.1, -0.05) is 46.3 Å². The van der Waals surface area contributed by atoms with E-state index in [0.717, 1.165) is 25.4 Å². The van der Waals surface area contributed by atoms with Gasteiger partial charge in [0, 0.05) is 15.0 Å². The van der Waals surface area contributed by atoms with Gasteiger partial charge in [-0.05, 0) is 35.9 Å². The average Bonchev–Trinajstić information content (AvgIpc) is 3.07. The SMILES string of the molecule is O=c1[nH]c(CNc2ccc(Br)cc2)nc2sc(-c3ccccc3)cc12. The van der Waals surface area contributed by atoms with Crippen molar-refractivity contribution in [1.29, 1.82) is 0 Å². The Hall–Kier alpha value is -2.44. The summed E-state index contributed by atoms with van der Waals surface area (Å²) in [5.41, 5.74) is 1.97. The van der Waals surface area contributed by atoms with Crippen LogP contribution in [0, 0.1) is 0 Å². The molecule has 0 saturated carbocycles. The van der Waals surface area contributed by atoms with Gasteiger partial charge in [0.2, 0.25) is 0 Å². The molecule has 2 aromatic heterocycles.